The zero-order valence-electron chi connectivity index (χ0n) is 13.1. The number of carbonyl (C=O) groups is 3. The first-order valence-corrected chi connectivity index (χ1v) is 9.15. The van der Waals surface area contributed by atoms with E-state index in [0.29, 0.717) is 0 Å². The normalized spacial score (nSPS) is 20.8. The van der Waals surface area contributed by atoms with Gasteiger partial charge in [0.25, 0.3) is 0 Å². The molecule has 0 aliphatic heterocycles. The van der Waals surface area contributed by atoms with E-state index in [2.05, 4.69) is 5.32 Å². The number of hydrogen-bond donors (Lipinski definition) is 1. The summed E-state index contributed by atoms with van der Waals surface area (Å²) in [5, 5.41) is 2.91. The highest BCUT2D eigenvalue weighted by molar-refractivity contribution is 8.13. The van der Waals surface area contributed by atoms with E-state index in [1.165, 1.54) is 7.11 Å². The third-order valence-corrected chi connectivity index (χ3v) is 5.73. The standard InChI is InChI=1S/C16H25NO4S/c1-21-15(19)13(17-14(18)11-6-2-3-7-11)10-22-16(20)12-8-4-5-9-12/h11-13H,2-10H2,1H3,(H,17,18). The average Bonchev–Trinajstić information content (AvgIpc) is 3.22. The number of rotatable bonds is 6. The topological polar surface area (TPSA) is 72.5 Å². The molecule has 0 heterocycles. The highest BCUT2D eigenvalue weighted by Crippen LogP contribution is 2.29. The molecular formula is C16H25NO4S. The molecule has 0 spiro atoms. The summed E-state index contributed by atoms with van der Waals surface area (Å²) in [4.78, 5) is 36.1. The maximum absolute atomic E-state index is 12.2. The Hall–Kier alpha value is -1.04. The van der Waals surface area contributed by atoms with Gasteiger partial charge in [-0.1, -0.05) is 37.4 Å². The Morgan fingerprint density at radius 3 is 2.14 bits per heavy atom. The number of methoxy groups -OCH3 is 1. The maximum atomic E-state index is 12.2. The number of amides is 1. The zero-order valence-corrected chi connectivity index (χ0v) is 14.0. The predicted molar refractivity (Wildman–Crippen MR) is 85.3 cm³/mol. The summed E-state index contributed by atoms with van der Waals surface area (Å²) in [6, 6.07) is -0.728. The van der Waals surface area contributed by atoms with Crippen LogP contribution in [0.25, 0.3) is 0 Å². The molecule has 0 aromatic heterocycles. The van der Waals surface area contributed by atoms with Crippen LogP contribution in [0.15, 0.2) is 0 Å². The zero-order chi connectivity index (χ0) is 15.9. The van der Waals surface area contributed by atoms with Gasteiger partial charge in [0, 0.05) is 17.6 Å². The summed E-state index contributed by atoms with van der Waals surface area (Å²) >= 11 is 1.16. The molecule has 6 heteroatoms. The van der Waals surface area contributed by atoms with Crippen LogP contribution in [0.1, 0.15) is 51.4 Å². The Kier molecular flexibility index (Phi) is 6.73. The van der Waals surface area contributed by atoms with Crippen LogP contribution in [0.3, 0.4) is 0 Å². The smallest absolute Gasteiger partial charge is 0.329 e. The highest BCUT2D eigenvalue weighted by atomic mass is 32.2. The fraction of sp³-hybridized carbons (Fsp3) is 0.812. The van der Waals surface area contributed by atoms with Crippen molar-refractivity contribution in [3.05, 3.63) is 0 Å². The molecule has 124 valence electrons. The predicted octanol–water partition coefficient (Wildman–Crippen LogP) is 2.28. The Balaban J connectivity index is 1.84. The minimum absolute atomic E-state index is 0.00249. The molecule has 0 aromatic rings. The summed E-state index contributed by atoms with van der Waals surface area (Å²) in [5.74, 6) is -0.170. The number of carbonyl (C=O) groups excluding carboxylic acids is 3. The second kappa shape index (κ2) is 8.56. The van der Waals surface area contributed by atoms with Crippen molar-refractivity contribution >= 4 is 28.8 Å². The molecule has 2 saturated carbocycles. The Morgan fingerprint density at radius 2 is 1.59 bits per heavy atom. The Bertz CT molecular complexity index is 414. The van der Waals surface area contributed by atoms with E-state index in [4.69, 9.17) is 4.74 Å². The minimum Gasteiger partial charge on any atom is -0.467 e. The van der Waals surface area contributed by atoms with Crippen LogP contribution in [-0.4, -0.2) is 35.9 Å². The molecule has 2 fully saturated rings. The number of hydrogen-bond acceptors (Lipinski definition) is 5. The van der Waals surface area contributed by atoms with E-state index >= 15 is 0 Å². The first kappa shape index (κ1) is 17.3. The molecule has 0 bridgehead atoms. The lowest BCUT2D eigenvalue weighted by Gasteiger charge is -2.19. The first-order chi connectivity index (χ1) is 10.6. The van der Waals surface area contributed by atoms with Crippen molar-refractivity contribution in [1.29, 1.82) is 0 Å². The molecule has 1 atom stereocenters. The molecule has 1 amide bonds. The molecule has 1 unspecified atom stereocenters. The van der Waals surface area contributed by atoms with Gasteiger partial charge in [-0.25, -0.2) is 4.79 Å². The fourth-order valence-electron chi connectivity index (χ4n) is 3.23. The fourth-order valence-corrected chi connectivity index (χ4v) is 4.26. The molecule has 0 radical (unpaired) electrons. The summed E-state index contributed by atoms with van der Waals surface area (Å²) in [5.41, 5.74) is 0. The van der Waals surface area contributed by atoms with Crippen molar-refractivity contribution < 1.29 is 19.1 Å². The van der Waals surface area contributed by atoms with Gasteiger partial charge in [0.1, 0.15) is 6.04 Å². The molecular weight excluding hydrogens is 302 g/mol. The molecule has 2 aliphatic rings. The lowest BCUT2D eigenvalue weighted by atomic mass is 10.1. The number of esters is 1. The number of thioether (sulfide) groups is 1. The summed E-state index contributed by atoms with van der Waals surface area (Å²) in [7, 11) is 1.31. The van der Waals surface area contributed by atoms with Crippen LogP contribution in [-0.2, 0) is 19.1 Å². The van der Waals surface area contributed by atoms with Gasteiger partial charge >= 0.3 is 5.97 Å². The molecule has 1 N–H and O–H groups in total. The van der Waals surface area contributed by atoms with Crippen molar-refractivity contribution in [2.45, 2.75) is 57.4 Å². The van der Waals surface area contributed by atoms with Gasteiger partial charge in [-0.3, -0.25) is 9.59 Å². The second-order valence-corrected chi connectivity index (χ2v) is 7.20. The summed E-state index contributed by atoms with van der Waals surface area (Å²) < 4.78 is 4.76. The Labute approximate surface area is 135 Å². The first-order valence-electron chi connectivity index (χ1n) is 8.16. The molecule has 2 aliphatic carbocycles. The highest BCUT2D eigenvalue weighted by Gasteiger charge is 2.30. The largest absolute Gasteiger partial charge is 0.467 e. The van der Waals surface area contributed by atoms with Crippen LogP contribution in [0.4, 0.5) is 0 Å². The molecule has 0 aromatic carbocycles. The SMILES string of the molecule is COC(=O)C(CSC(=O)C1CCCC1)NC(=O)C1CCCC1. The molecule has 22 heavy (non-hydrogen) atoms. The van der Waals surface area contributed by atoms with E-state index in [0.717, 1.165) is 63.1 Å². The molecule has 0 saturated heterocycles. The Morgan fingerprint density at radius 1 is 1.05 bits per heavy atom. The van der Waals surface area contributed by atoms with Crippen LogP contribution < -0.4 is 5.32 Å². The van der Waals surface area contributed by atoms with Crippen molar-refractivity contribution in [1.82, 2.24) is 5.32 Å². The maximum Gasteiger partial charge on any atom is 0.329 e. The quantitative estimate of drug-likeness (QED) is 0.758. The lowest BCUT2D eigenvalue weighted by molar-refractivity contribution is -0.144. The van der Waals surface area contributed by atoms with E-state index in [1.54, 1.807) is 0 Å². The van der Waals surface area contributed by atoms with Crippen molar-refractivity contribution in [3.63, 3.8) is 0 Å². The third-order valence-electron chi connectivity index (χ3n) is 4.61. The lowest BCUT2D eigenvalue weighted by Crippen LogP contribution is -2.45. The summed E-state index contributed by atoms with van der Waals surface area (Å²) in [6.45, 7) is 0. The van der Waals surface area contributed by atoms with E-state index in [9.17, 15) is 14.4 Å². The van der Waals surface area contributed by atoms with E-state index in [-0.39, 0.29) is 28.6 Å². The van der Waals surface area contributed by atoms with Crippen LogP contribution in [0, 0.1) is 11.8 Å². The second-order valence-electron chi connectivity index (χ2n) is 6.18. The van der Waals surface area contributed by atoms with Gasteiger partial charge in [-0.15, -0.1) is 0 Å². The van der Waals surface area contributed by atoms with Crippen LogP contribution in [0.5, 0.6) is 0 Å². The van der Waals surface area contributed by atoms with Gasteiger partial charge in [0.15, 0.2) is 5.12 Å². The van der Waals surface area contributed by atoms with Crippen molar-refractivity contribution in [2.24, 2.45) is 11.8 Å². The summed E-state index contributed by atoms with van der Waals surface area (Å²) in [6.07, 6.45) is 8.01. The van der Waals surface area contributed by atoms with Crippen molar-refractivity contribution in [2.75, 3.05) is 12.9 Å². The van der Waals surface area contributed by atoms with Crippen LogP contribution in [0.2, 0.25) is 0 Å². The minimum atomic E-state index is -0.728. The molecule has 5 nitrogen and oxygen atoms in total. The van der Waals surface area contributed by atoms with Crippen LogP contribution >= 0.6 is 11.8 Å². The van der Waals surface area contributed by atoms with Gasteiger partial charge in [-0.05, 0) is 25.7 Å². The average molecular weight is 327 g/mol. The van der Waals surface area contributed by atoms with E-state index in [1.807, 2.05) is 0 Å². The third kappa shape index (κ3) is 4.73. The van der Waals surface area contributed by atoms with Gasteiger partial charge in [0.2, 0.25) is 5.91 Å². The number of nitrogens with one attached hydrogen (secondary N) is 1. The van der Waals surface area contributed by atoms with Gasteiger partial charge in [-0.2, -0.15) is 0 Å². The van der Waals surface area contributed by atoms with E-state index < -0.39 is 12.0 Å². The molecule has 2 rings (SSSR count). The van der Waals surface area contributed by atoms with Crippen molar-refractivity contribution in [3.8, 4) is 0 Å². The monoisotopic (exact) mass is 327 g/mol. The van der Waals surface area contributed by atoms with Gasteiger partial charge in [0.05, 0.1) is 7.11 Å². The van der Waals surface area contributed by atoms with Gasteiger partial charge < -0.3 is 10.1 Å². The number of ether oxygens (including phenoxy) is 1.